The first-order valence-corrected chi connectivity index (χ1v) is 3.94. The standard InChI is InChI=1S/C7H14F3NO2/c1-5(4-12)2-11-3-6(13)7(8,9)10/h5-6,11-13H,2-4H2,1H3. The van der Waals surface area contributed by atoms with Crippen molar-refractivity contribution in [2.75, 3.05) is 19.7 Å². The second kappa shape index (κ2) is 5.41. The summed E-state index contributed by atoms with van der Waals surface area (Å²) >= 11 is 0. The average Bonchev–Trinajstić information content (AvgIpc) is 2.02. The Labute approximate surface area is 74.6 Å². The van der Waals surface area contributed by atoms with Gasteiger partial charge in [-0.3, -0.25) is 0 Å². The largest absolute Gasteiger partial charge is 0.415 e. The van der Waals surface area contributed by atoms with Gasteiger partial charge < -0.3 is 15.5 Å². The molecule has 0 aromatic rings. The van der Waals surface area contributed by atoms with Crippen LogP contribution in [0.2, 0.25) is 0 Å². The molecule has 3 N–H and O–H groups in total. The van der Waals surface area contributed by atoms with Crippen molar-refractivity contribution in [3.8, 4) is 0 Å². The molecule has 0 amide bonds. The van der Waals surface area contributed by atoms with Gasteiger partial charge in [0.05, 0.1) is 0 Å². The number of aliphatic hydroxyl groups excluding tert-OH is 2. The summed E-state index contributed by atoms with van der Waals surface area (Å²) in [5.41, 5.74) is 0. The number of halogens is 3. The summed E-state index contributed by atoms with van der Waals surface area (Å²) in [6, 6.07) is 0. The number of hydrogen-bond donors (Lipinski definition) is 3. The summed E-state index contributed by atoms with van der Waals surface area (Å²) in [5, 5.41) is 19.5. The molecule has 0 rings (SSSR count). The van der Waals surface area contributed by atoms with Crippen LogP contribution in [0.15, 0.2) is 0 Å². The monoisotopic (exact) mass is 201 g/mol. The Bertz CT molecular complexity index is 140. The Morgan fingerprint density at radius 1 is 1.31 bits per heavy atom. The predicted molar refractivity (Wildman–Crippen MR) is 41.2 cm³/mol. The van der Waals surface area contributed by atoms with Crippen molar-refractivity contribution < 1.29 is 23.4 Å². The minimum absolute atomic E-state index is 0.0882. The van der Waals surface area contributed by atoms with E-state index in [2.05, 4.69) is 5.32 Å². The smallest absolute Gasteiger partial charge is 0.396 e. The van der Waals surface area contributed by atoms with Gasteiger partial charge in [0, 0.05) is 13.2 Å². The Kier molecular flexibility index (Phi) is 5.27. The lowest BCUT2D eigenvalue weighted by molar-refractivity contribution is -0.201. The molecule has 0 spiro atoms. The van der Waals surface area contributed by atoms with E-state index < -0.39 is 18.8 Å². The number of aliphatic hydroxyl groups is 2. The zero-order valence-corrected chi connectivity index (χ0v) is 7.30. The van der Waals surface area contributed by atoms with Crippen molar-refractivity contribution in [3.05, 3.63) is 0 Å². The molecule has 0 aromatic carbocycles. The third kappa shape index (κ3) is 5.84. The summed E-state index contributed by atoms with van der Waals surface area (Å²) < 4.78 is 35.1. The van der Waals surface area contributed by atoms with Gasteiger partial charge in [-0.2, -0.15) is 13.2 Å². The Morgan fingerprint density at radius 3 is 2.23 bits per heavy atom. The maximum Gasteiger partial charge on any atom is 0.415 e. The molecule has 3 nitrogen and oxygen atoms in total. The van der Waals surface area contributed by atoms with Gasteiger partial charge in [-0.15, -0.1) is 0 Å². The third-order valence-electron chi connectivity index (χ3n) is 1.52. The molecular weight excluding hydrogens is 187 g/mol. The lowest BCUT2D eigenvalue weighted by atomic mass is 10.2. The predicted octanol–water partition coefficient (Wildman–Crippen LogP) is 0.128. The highest BCUT2D eigenvalue weighted by molar-refractivity contribution is 4.68. The molecule has 2 unspecified atom stereocenters. The van der Waals surface area contributed by atoms with Gasteiger partial charge in [-0.05, 0) is 12.5 Å². The van der Waals surface area contributed by atoms with E-state index in [-0.39, 0.29) is 19.1 Å². The highest BCUT2D eigenvalue weighted by Crippen LogP contribution is 2.19. The molecule has 6 heteroatoms. The Balaban J connectivity index is 3.54. The summed E-state index contributed by atoms with van der Waals surface area (Å²) in [7, 11) is 0. The van der Waals surface area contributed by atoms with Crippen LogP contribution in [-0.2, 0) is 0 Å². The zero-order chi connectivity index (χ0) is 10.5. The van der Waals surface area contributed by atoms with E-state index in [1.165, 1.54) is 0 Å². The van der Waals surface area contributed by atoms with Crippen LogP contribution in [0.4, 0.5) is 13.2 Å². The van der Waals surface area contributed by atoms with Gasteiger partial charge in [0.15, 0.2) is 6.10 Å². The first-order chi connectivity index (χ1) is 5.88. The van der Waals surface area contributed by atoms with E-state index in [1.807, 2.05) is 0 Å². The van der Waals surface area contributed by atoms with Crippen molar-refractivity contribution in [2.24, 2.45) is 5.92 Å². The fraction of sp³-hybridized carbons (Fsp3) is 1.00. The first kappa shape index (κ1) is 12.7. The molecule has 2 atom stereocenters. The van der Waals surface area contributed by atoms with E-state index in [1.54, 1.807) is 6.92 Å². The zero-order valence-electron chi connectivity index (χ0n) is 7.30. The van der Waals surface area contributed by atoms with E-state index in [0.29, 0.717) is 0 Å². The van der Waals surface area contributed by atoms with Gasteiger partial charge in [0.25, 0.3) is 0 Å². The summed E-state index contributed by atoms with van der Waals surface area (Å²) in [6.45, 7) is 1.32. The van der Waals surface area contributed by atoms with Crippen LogP contribution in [0.25, 0.3) is 0 Å². The van der Waals surface area contributed by atoms with Crippen molar-refractivity contribution in [1.29, 1.82) is 0 Å². The minimum Gasteiger partial charge on any atom is -0.396 e. The molecule has 0 aliphatic rings. The van der Waals surface area contributed by atoms with Gasteiger partial charge in [0.2, 0.25) is 0 Å². The molecule has 0 fully saturated rings. The molecule has 13 heavy (non-hydrogen) atoms. The molecule has 0 saturated carbocycles. The lowest BCUT2D eigenvalue weighted by Crippen LogP contribution is -2.40. The SMILES string of the molecule is CC(CO)CNCC(O)C(F)(F)F. The second-order valence-electron chi connectivity index (χ2n) is 3.00. The van der Waals surface area contributed by atoms with Crippen molar-refractivity contribution in [3.63, 3.8) is 0 Å². The quantitative estimate of drug-likeness (QED) is 0.592. The number of rotatable bonds is 5. The van der Waals surface area contributed by atoms with Crippen LogP contribution in [0.3, 0.4) is 0 Å². The summed E-state index contributed by atoms with van der Waals surface area (Å²) in [5.74, 6) is -0.111. The molecular formula is C7H14F3NO2. The molecule has 0 saturated heterocycles. The third-order valence-corrected chi connectivity index (χ3v) is 1.52. The lowest BCUT2D eigenvalue weighted by Gasteiger charge is -2.16. The van der Waals surface area contributed by atoms with Crippen LogP contribution >= 0.6 is 0 Å². The summed E-state index contributed by atoms with van der Waals surface area (Å²) in [6.07, 6.45) is -6.91. The van der Waals surface area contributed by atoms with Crippen LogP contribution in [0.1, 0.15) is 6.92 Å². The molecule has 0 aliphatic carbocycles. The average molecular weight is 201 g/mol. The topological polar surface area (TPSA) is 52.5 Å². The van der Waals surface area contributed by atoms with E-state index in [0.717, 1.165) is 0 Å². The fourth-order valence-corrected chi connectivity index (χ4v) is 0.647. The maximum atomic E-state index is 11.7. The van der Waals surface area contributed by atoms with Crippen molar-refractivity contribution in [2.45, 2.75) is 19.2 Å². The molecule has 80 valence electrons. The highest BCUT2D eigenvalue weighted by atomic mass is 19.4. The van der Waals surface area contributed by atoms with Crippen LogP contribution in [0, 0.1) is 5.92 Å². The van der Waals surface area contributed by atoms with Gasteiger partial charge in [-0.1, -0.05) is 6.92 Å². The van der Waals surface area contributed by atoms with Crippen molar-refractivity contribution >= 4 is 0 Å². The van der Waals surface area contributed by atoms with Crippen molar-refractivity contribution in [1.82, 2.24) is 5.32 Å². The van der Waals surface area contributed by atoms with Crippen LogP contribution in [-0.4, -0.2) is 42.2 Å². The first-order valence-electron chi connectivity index (χ1n) is 3.94. The Hall–Kier alpha value is -0.330. The van der Waals surface area contributed by atoms with E-state index in [9.17, 15) is 13.2 Å². The number of hydrogen-bond acceptors (Lipinski definition) is 3. The number of alkyl halides is 3. The summed E-state index contributed by atoms with van der Waals surface area (Å²) in [4.78, 5) is 0. The maximum absolute atomic E-state index is 11.7. The van der Waals surface area contributed by atoms with Crippen LogP contribution in [0.5, 0.6) is 0 Å². The molecule has 0 heterocycles. The minimum atomic E-state index is -4.57. The molecule has 0 aromatic heterocycles. The van der Waals surface area contributed by atoms with E-state index >= 15 is 0 Å². The van der Waals surface area contributed by atoms with Gasteiger partial charge in [0.1, 0.15) is 0 Å². The fourth-order valence-electron chi connectivity index (χ4n) is 0.647. The highest BCUT2D eigenvalue weighted by Gasteiger charge is 2.37. The van der Waals surface area contributed by atoms with Gasteiger partial charge >= 0.3 is 6.18 Å². The van der Waals surface area contributed by atoms with Gasteiger partial charge in [-0.25, -0.2) is 0 Å². The van der Waals surface area contributed by atoms with Crippen LogP contribution < -0.4 is 5.32 Å². The Morgan fingerprint density at radius 2 is 1.85 bits per heavy atom. The molecule has 0 radical (unpaired) electrons. The molecule has 0 bridgehead atoms. The molecule has 0 aliphatic heterocycles. The second-order valence-corrected chi connectivity index (χ2v) is 3.00. The van der Waals surface area contributed by atoms with E-state index in [4.69, 9.17) is 10.2 Å². The normalized spacial score (nSPS) is 17.1. The number of nitrogens with one attached hydrogen (secondary N) is 1.